The van der Waals surface area contributed by atoms with Gasteiger partial charge in [0.1, 0.15) is 0 Å². The Morgan fingerprint density at radius 2 is 1.58 bits per heavy atom. The van der Waals surface area contributed by atoms with E-state index < -0.39 is 27.6 Å². The van der Waals surface area contributed by atoms with Crippen LogP contribution in [-0.2, 0) is 28.8 Å². The third-order valence-corrected chi connectivity index (χ3v) is 19.1. The summed E-state index contributed by atoms with van der Waals surface area (Å²) in [7, 11) is 0. The maximum atomic E-state index is 2.62. The van der Waals surface area contributed by atoms with E-state index in [9.17, 15) is 0 Å². The molecule has 1 unspecified atom stereocenters. The summed E-state index contributed by atoms with van der Waals surface area (Å²) in [6.07, 6.45) is 8.58. The van der Waals surface area contributed by atoms with Crippen LogP contribution in [0.15, 0.2) is 59.8 Å². The van der Waals surface area contributed by atoms with Crippen LogP contribution in [0.2, 0.25) is 13.1 Å². The summed E-state index contributed by atoms with van der Waals surface area (Å²) in [5.74, 6) is 0. The van der Waals surface area contributed by atoms with E-state index in [4.69, 9.17) is 0 Å². The number of hydrogen-bond acceptors (Lipinski definition) is 0. The molecule has 0 bridgehead atoms. The minimum Gasteiger partial charge on any atom is -1.00 e. The molecule has 0 nitrogen and oxygen atoms in total. The van der Waals surface area contributed by atoms with E-state index in [1.165, 1.54) is 17.5 Å². The first-order chi connectivity index (χ1) is 10.6. The van der Waals surface area contributed by atoms with Crippen molar-refractivity contribution in [2.24, 2.45) is 0 Å². The fraction of sp³-hybridized carbons (Fsp3) is 0.200. The molecule has 0 radical (unpaired) electrons. The van der Waals surface area contributed by atoms with Gasteiger partial charge in [0.25, 0.3) is 0 Å². The predicted molar refractivity (Wildman–Crippen MR) is 93.8 cm³/mol. The van der Waals surface area contributed by atoms with Crippen molar-refractivity contribution in [2.75, 3.05) is 0 Å². The van der Waals surface area contributed by atoms with Gasteiger partial charge in [0.15, 0.2) is 0 Å². The van der Waals surface area contributed by atoms with Gasteiger partial charge in [0.05, 0.1) is 0 Å². The second-order valence-corrected chi connectivity index (χ2v) is 23.8. The molecule has 122 valence electrons. The Balaban J connectivity index is 0.00000104. The van der Waals surface area contributed by atoms with Crippen LogP contribution in [0.3, 0.4) is 0 Å². The van der Waals surface area contributed by atoms with Gasteiger partial charge in [-0.05, 0) is 0 Å². The molecule has 4 heteroatoms. The first-order valence-corrected chi connectivity index (χ1v) is 16.1. The van der Waals surface area contributed by atoms with Gasteiger partial charge >= 0.3 is 145 Å². The third kappa shape index (κ3) is 3.73. The fourth-order valence-electron chi connectivity index (χ4n) is 3.54. The molecule has 0 amide bonds. The fourth-order valence-corrected chi connectivity index (χ4v) is 16.9. The standard InChI is InChI=1S/C11H13Si.C9H7.2ClH.Zr/c1-12(2)11-7-9-5-3-4-6-10(9)8-11;1-2-5-9-7-3-6-8(9)4-1;;;/h3-7H,8H2,1-2H3;1-7H;2*1H;/q;;;;+2/p-2. The zero-order valence-electron chi connectivity index (χ0n) is 13.9. The van der Waals surface area contributed by atoms with Crippen molar-refractivity contribution in [1.82, 2.24) is 0 Å². The zero-order chi connectivity index (χ0) is 15.2. The normalized spacial score (nSPS) is 17.1. The molecule has 0 fully saturated rings. The SMILES string of the molecule is C[Si](C)([Zr+2][CH]1C=Cc2ccccc21)C1=Cc2ccccc2C1.[Cl-].[Cl-]. The van der Waals surface area contributed by atoms with Gasteiger partial charge in [-0.3, -0.25) is 0 Å². The summed E-state index contributed by atoms with van der Waals surface area (Å²) in [6, 6.07) is 17.9. The average molecular weight is 451 g/mol. The summed E-state index contributed by atoms with van der Waals surface area (Å²) in [5, 5.41) is 0.568. The Kier molecular flexibility index (Phi) is 6.53. The van der Waals surface area contributed by atoms with Gasteiger partial charge in [-0.15, -0.1) is 0 Å². The minimum atomic E-state index is -1.22. The summed E-state index contributed by atoms with van der Waals surface area (Å²) in [6.45, 7) is 5.23. The number of halogens is 2. The Morgan fingerprint density at radius 3 is 2.33 bits per heavy atom. The largest absolute Gasteiger partial charge is 1.00 e. The minimum absolute atomic E-state index is 0. The van der Waals surface area contributed by atoms with Gasteiger partial charge in [0.2, 0.25) is 0 Å². The van der Waals surface area contributed by atoms with Crippen LogP contribution in [0.4, 0.5) is 0 Å². The topological polar surface area (TPSA) is 0 Å². The van der Waals surface area contributed by atoms with Crippen molar-refractivity contribution in [2.45, 2.75) is 23.1 Å². The first kappa shape index (κ1) is 19.9. The summed E-state index contributed by atoms with van der Waals surface area (Å²) >= 11 is -0.484. The smallest absolute Gasteiger partial charge is 1.00 e. The molecule has 0 saturated carbocycles. The van der Waals surface area contributed by atoms with Crippen molar-refractivity contribution in [3.8, 4) is 0 Å². The van der Waals surface area contributed by atoms with E-state index in [1.54, 1.807) is 16.3 Å². The molecule has 0 saturated heterocycles. The number of fused-ring (bicyclic) bond motifs is 2. The van der Waals surface area contributed by atoms with E-state index in [-0.39, 0.29) is 24.8 Å². The first-order valence-electron chi connectivity index (χ1n) is 7.97. The molecule has 0 aliphatic heterocycles. The Morgan fingerprint density at radius 1 is 0.917 bits per heavy atom. The Labute approximate surface area is 168 Å². The molecule has 0 N–H and O–H groups in total. The molecule has 0 aromatic heterocycles. The van der Waals surface area contributed by atoms with Crippen LogP contribution >= 0.6 is 0 Å². The van der Waals surface area contributed by atoms with Crippen molar-refractivity contribution < 1.29 is 47.2 Å². The van der Waals surface area contributed by atoms with Crippen molar-refractivity contribution in [3.05, 3.63) is 82.1 Å². The van der Waals surface area contributed by atoms with Crippen LogP contribution in [0.25, 0.3) is 12.2 Å². The van der Waals surface area contributed by atoms with Gasteiger partial charge in [0, 0.05) is 0 Å². The van der Waals surface area contributed by atoms with Crippen molar-refractivity contribution in [1.29, 1.82) is 0 Å². The molecule has 1 atom stereocenters. The van der Waals surface area contributed by atoms with Crippen molar-refractivity contribution in [3.63, 3.8) is 0 Å². The van der Waals surface area contributed by atoms with E-state index in [0.29, 0.717) is 0 Å². The van der Waals surface area contributed by atoms with E-state index in [0.717, 1.165) is 3.63 Å². The summed E-state index contributed by atoms with van der Waals surface area (Å²) < 4.78 is 0.783. The molecule has 2 aliphatic rings. The Bertz CT molecular complexity index is 796. The zero-order valence-corrected chi connectivity index (χ0v) is 18.9. The summed E-state index contributed by atoms with van der Waals surface area (Å²) in [5.41, 5.74) is 6.08. The van der Waals surface area contributed by atoms with Gasteiger partial charge in [-0.1, -0.05) is 0 Å². The molecule has 24 heavy (non-hydrogen) atoms. The molecular weight excluding hydrogens is 430 g/mol. The predicted octanol–water partition coefficient (Wildman–Crippen LogP) is -0.771. The van der Waals surface area contributed by atoms with Gasteiger partial charge in [-0.2, -0.15) is 0 Å². The average Bonchev–Trinajstić information content (AvgIpc) is 3.12. The Hall–Kier alpha value is -0.400. The summed E-state index contributed by atoms with van der Waals surface area (Å²) in [4.78, 5) is 0. The molecular formula is C20H20Cl2SiZr. The number of rotatable bonds is 3. The van der Waals surface area contributed by atoms with Crippen LogP contribution < -0.4 is 24.8 Å². The number of allylic oxidation sites excluding steroid dienone is 2. The van der Waals surface area contributed by atoms with Crippen LogP contribution in [0.1, 0.15) is 25.9 Å². The molecule has 0 heterocycles. The number of hydrogen-bond donors (Lipinski definition) is 0. The molecule has 2 aromatic rings. The monoisotopic (exact) mass is 448 g/mol. The molecule has 4 rings (SSSR count). The van der Waals surface area contributed by atoms with Gasteiger partial charge in [-0.25, -0.2) is 0 Å². The van der Waals surface area contributed by atoms with E-state index >= 15 is 0 Å². The van der Waals surface area contributed by atoms with E-state index in [2.05, 4.69) is 79.9 Å². The van der Waals surface area contributed by atoms with Crippen LogP contribution in [0, 0.1) is 0 Å². The second-order valence-electron chi connectivity index (χ2n) is 6.78. The van der Waals surface area contributed by atoms with Crippen LogP contribution in [-0.4, -0.2) is 5.20 Å². The maximum absolute atomic E-state index is 2.62. The quantitative estimate of drug-likeness (QED) is 0.539. The second kappa shape index (κ2) is 7.87. The van der Waals surface area contributed by atoms with E-state index in [1.807, 2.05) is 0 Å². The molecule has 0 spiro atoms. The maximum Gasteiger partial charge on any atom is -1.00 e. The molecule has 2 aromatic carbocycles. The van der Waals surface area contributed by atoms with Gasteiger partial charge < -0.3 is 24.8 Å². The van der Waals surface area contributed by atoms with Crippen molar-refractivity contribution >= 4 is 17.4 Å². The third-order valence-electron chi connectivity index (χ3n) is 4.88. The number of benzene rings is 2. The molecule has 2 aliphatic carbocycles. The van der Waals surface area contributed by atoms with Crippen LogP contribution in [0.5, 0.6) is 0 Å².